The summed E-state index contributed by atoms with van der Waals surface area (Å²) in [5.41, 5.74) is -0.277. The molecule has 0 heterocycles. The monoisotopic (exact) mass is 751 g/mol. The van der Waals surface area contributed by atoms with Crippen LogP contribution in [0.1, 0.15) is 120 Å². The molecule has 53 heavy (non-hydrogen) atoms. The van der Waals surface area contributed by atoms with Crippen molar-refractivity contribution in [1.82, 2.24) is 10.6 Å². The van der Waals surface area contributed by atoms with Crippen LogP contribution in [-0.4, -0.2) is 75.7 Å². The van der Waals surface area contributed by atoms with Gasteiger partial charge < -0.3 is 34.9 Å². The van der Waals surface area contributed by atoms with Gasteiger partial charge in [-0.2, -0.15) is 9.59 Å². The topological polar surface area (TPSA) is 192 Å². The van der Waals surface area contributed by atoms with Crippen LogP contribution in [0, 0.1) is 16.7 Å². The minimum Gasteiger partial charge on any atom is -0.465 e. The van der Waals surface area contributed by atoms with Crippen molar-refractivity contribution in [1.29, 1.82) is 0 Å². The van der Waals surface area contributed by atoms with Crippen molar-refractivity contribution in [3.63, 3.8) is 0 Å². The summed E-state index contributed by atoms with van der Waals surface area (Å²) in [6.45, 7) is 17.1. The molecule has 1 rings (SSSR count). The van der Waals surface area contributed by atoms with Gasteiger partial charge in [0.05, 0.1) is 37.1 Å². The summed E-state index contributed by atoms with van der Waals surface area (Å²) in [6, 6.07) is 8.82. The van der Waals surface area contributed by atoms with Crippen molar-refractivity contribution in [2.24, 2.45) is 16.7 Å². The molecular weight excluding hydrogens is 686 g/mol. The van der Waals surface area contributed by atoms with Gasteiger partial charge in [0.25, 0.3) is 0 Å². The first-order valence-electron chi connectivity index (χ1n) is 18.6. The number of carbonyl (C=O) groups excluding carboxylic acids is 7. The van der Waals surface area contributed by atoms with E-state index in [4.69, 9.17) is 28.5 Å². The molecule has 0 spiro atoms. The molecule has 14 nitrogen and oxygen atoms in total. The lowest BCUT2D eigenvalue weighted by atomic mass is 9.91. The summed E-state index contributed by atoms with van der Waals surface area (Å²) in [5, 5.41) is 7.86. The average Bonchev–Trinajstić information content (AvgIpc) is 3.14. The van der Waals surface area contributed by atoms with Crippen molar-refractivity contribution in [2.45, 2.75) is 120 Å². The van der Waals surface area contributed by atoms with Crippen LogP contribution in [0.15, 0.2) is 30.3 Å². The first-order valence-corrected chi connectivity index (χ1v) is 18.6. The lowest BCUT2D eigenvalue weighted by molar-refractivity contribution is -0.191. The minimum atomic E-state index is -0.530. The van der Waals surface area contributed by atoms with Crippen molar-refractivity contribution in [3.05, 3.63) is 30.3 Å². The number of hydrogen-bond donors (Lipinski definition) is 3. The Morgan fingerprint density at radius 2 is 1.25 bits per heavy atom. The molecule has 0 aromatic heterocycles. The van der Waals surface area contributed by atoms with Gasteiger partial charge in [0.15, 0.2) is 0 Å². The summed E-state index contributed by atoms with van der Waals surface area (Å²) in [4.78, 5) is 74.7. The van der Waals surface area contributed by atoms with Gasteiger partial charge in [-0.1, -0.05) is 65.2 Å². The Bertz CT molecular complexity index is 1200. The fourth-order valence-electron chi connectivity index (χ4n) is 3.93. The number of alkyl carbamates (subject to hydrolysis) is 1. The van der Waals surface area contributed by atoms with Gasteiger partial charge in [-0.25, -0.2) is 9.59 Å². The molecule has 3 N–H and O–H groups in total. The second kappa shape index (κ2) is 31.1. The Hall–Kier alpha value is -4.45. The lowest BCUT2D eigenvalue weighted by Gasteiger charge is -2.20. The quantitative estimate of drug-likeness (QED) is 0.0581. The number of para-hydroxylation sites is 1. The smallest absolute Gasteiger partial charge is 0.407 e. The van der Waals surface area contributed by atoms with E-state index in [0.29, 0.717) is 50.5 Å². The maximum absolute atomic E-state index is 11.8. The Balaban J connectivity index is 0. The van der Waals surface area contributed by atoms with Crippen LogP contribution in [0.5, 0.6) is 0 Å². The molecule has 3 amide bonds. The van der Waals surface area contributed by atoms with E-state index in [0.717, 1.165) is 32.1 Å². The number of ether oxygens (including phenoxy) is 4. The molecule has 1 atom stereocenters. The first-order chi connectivity index (χ1) is 25.1. The number of rotatable bonds is 23. The summed E-state index contributed by atoms with van der Waals surface area (Å²) < 4.78 is 20.7. The third-order valence-electron chi connectivity index (χ3n) is 8.41. The van der Waals surface area contributed by atoms with Crippen molar-refractivity contribution in [3.8, 4) is 0 Å². The normalized spacial score (nSPS) is 11.1. The maximum Gasteiger partial charge on any atom is 0.407 e. The van der Waals surface area contributed by atoms with Crippen molar-refractivity contribution >= 4 is 41.9 Å². The fourth-order valence-corrected chi connectivity index (χ4v) is 3.93. The van der Waals surface area contributed by atoms with Crippen LogP contribution in [0.2, 0.25) is 0 Å². The van der Waals surface area contributed by atoms with Crippen LogP contribution < -0.4 is 16.0 Å². The number of nitrogens with one attached hydrogen (secondary N) is 3. The molecule has 0 saturated heterocycles. The zero-order valence-corrected chi connectivity index (χ0v) is 33.3. The zero-order chi connectivity index (χ0) is 40.5. The molecule has 0 saturated carbocycles. The molecule has 0 aliphatic rings. The van der Waals surface area contributed by atoms with E-state index in [1.54, 1.807) is 12.1 Å². The van der Waals surface area contributed by atoms with Crippen LogP contribution >= 0.6 is 0 Å². The van der Waals surface area contributed by atoms with Gasteiger partial charge in [0.1, 0.15) is 13.2 Å². The van der Waals surface area contributed by atoms with Crippen LogP contribution in [0.4, 0.5) is 15.3 Å². The number of benzene rings is 1. The van der Waals surface area contributed by atoms with Crippen LogP contribution in [0.25, 0.3) is 0 Å². The largest absolute Gasteiger partial charge is 0.465 e. The van der Waals surface area contributed by atoms with E-state index in [1.807, 2.05) is 59.7 Å². The molecule has 1 aromatic carbocycles. The number of carbonyl (C=O) groups is 5. The predicted octanol–water partition coefficient (Wildman–Crippen LogP) is 7.22. The summed E-state index contributed by atoms with van der Waals surface area (Å²) in [7, 11) is 0. The van der Waals surface area contributed by atoms with E-state index < -0.39 is 16.9 Å². The molecule has 0 fully saturated rings. The van der Waals surface area contributed by atoms with Gasteiger partial charge >= 0.3 is 36.2 Å². The molecule has 0 aliphatic heterocycles. The molecule has 1 unspecified atom stereocenters. The molecule has 0 radical (unpaired) electrons. The molecular formula is C39H65N3O11. The summed E-state index contributed by atoms with van der Waals surface area (Å²) in [6.07, 6.45) is 8.21. The van der Waals surface area contributed by atoms with Crippen LogP contribution in [-0.2, 0) is 42.9 Å². The highest BCUT2D eigenvalue weighted by molar-refractivity contribution is 5.89. The second-order valence-electron chi connectivity index (χ2n) is 13.5. The number of amides is 3. The fraction of sp³-hybridized carbons (Fsp3) is 0.692. The summed E-state index contributed by atoms with van der Waals surface area (Å²) in [5.74, 6) is -0.206. The molecule has 0 bridgehead atoms. The van der Waals surface area contributed by atoms with Crippen molar-refractivity contribution < 1.29 is 52.5 Å². The van der Waals surface area contributed by atoms with Crippen LogP contribution in [0.3, 0.4) is 0 Å². The zero-order valence-electron chi connectivity index (χ0n) is 33.3. The Morgan fingerprint density at radius 3 is 1.75 bits per heavy atom. The Kier molecular flexibility index (Phi) is 29.7. The highest BCUT2D eigenvalue weighted by Gasteiger charge is 2.27. The first kappa shape index (κ1) is 50.7. The van der Waals surface area contributed by atoms with Gasteiger partial charge in [-0.05, 0) is 84.3 Å². The maximum atomic E-state index is 11.8. The number of hydrogen-bond acceptors (Lipinski definition) is 11. The van der Waals surface area contributed by atoms with E-state index in [1.165, 1.54) is 6.42 Å². The van der Waals surface area contributed by atoms with E-state index in [9.17, 15) is 24.0 Å². The summed E-state index contributed by atoms with van der Waals surface area (Å²) >= 11 is 0. The van der Waals surface area contributed by atoms with E-state index >= 15 is 0 Å². The lowest BCUT2D eigenvalue weighted by Crippen LogP contribution is -2.33. The number of urea groups is 1. The predicted molar refractivity (Wildman–Crippen MR) is 201 cm³/mol. The van der Waals surface area contributed by atoms with Gasteiger partial charge in [0.2, 0.25) is 0 Å². The minimum absolute atomic E-state index is 0.122. The molecule has 0 aliphatic carbocycles. The standard InChI is InChI=1S/C23H43NO6.C15H22N2O3.CO2/c1-6-9-13-19(7-2)18-30-20(25)14-11-10-12-16-29-22(27)24-15-17-28-21(26)23(4,5)8-3;1-4-15(2,3)13(18)20-11-10-16-14(19)17-12-8-6-5-7-9-12;2-1-3/h19H,6-18H2,1-5H3,(H,24,27);5-9H,4,10-11H2,1-3H3,(H2,16,17,19);. The number of anilines is 1. The highest BCUT2D eigenvalue weighted by Crippen LogP contribution is 2.22. The Morgan fingerprint density at radius 1 is 0.698 bits per heavy atom. The third-order valence-corrected chi connectivity index (χ3v) is 8.41. The SMILES string of the molecule is CCC(C)(C)C(=O)OCCNC(=O)Nc1ccccc1.CCCCC(CC)COC(=O)CCCCCOC(=O)NCCOC(=O)C(C)(C)CC.O=C=O. The number of unbranched alkanes of at least 4 members (excludes halogenated alkanes) is 3. The van der Waals surface area contributed by atoms with Crippen molar-refractivity contribution in [2.75, 3.05) is 44.8 Å². The van der Waals surface area contributed by atoms with E-state index in [-0.39, 0.29) is 56.4 Å². The second-order valence-corrected chi connectivity index (χ2v) is 13.5. The average molecular weight is 752 g/mol. The Labute approximate surface area is 316 Å². The van der Waals surface area contributed by atoms with Gasteiger partial charge in [0, 0.05) is 12.1 Å². The number of esters is 3. The third kappa shape index (κ3) is 27.8. The highest BCUT2D eigenvalue weighted by atomic mass is 16.6. The van der Waals surface area contributed by atoms with Gasteiger partial charge in [-0.15, -0.1) is 0 Å². The molecule has 14 heteroatoms. The molecule has 302 valence electrons. The van der Waals surface area contributed by atoms with Gasteiger partial charge in [-0.3, -0.25) is 14.4 Å². The molecule has 1 aromatic rings. The van der Waals surface area contributed by atoms with E-state index in [2.05, 4.69) is 29.8 Å².